The molecule has 1 N–H and O–H groups in total. The van der Waals surface area contributed by atoms with Crippen LogP contribution in [0.1, 0.15) is 30.0 Å². The number of aromatic nitrogens is 2. The standard InChI is InChI=1S/C17H22N4O5/c1-10(2)8-25-17(24)21-6-4-20(5-7-21)16(23)12-11(3)26-15-13(12)14(22)18-9-19-15/h9-10H,4-8H2,1-3H3,(H,18,19,22). The highest BCUT2D eigenvalue weighted by atomic mass is 16.6. The van der Waals surface area contributed by atoms with Crippen LogP contribution in [0.2, 0.25) is 0 Å². The molecule has 0 atom stereocenters. The predicted octanol–water partition coefficient (Wildman–Crippen LogP) is 1.37. The Balaban J connectivity index is 1.71. The van der Waals surface area contributed by atoms with Crippen molar-refractivity contribution in [3.05, 3.63) is 28.0 Å². The Morgan fingerprint density at radius 2 is 1.92 bits per heavy atom. The van der Waals surface area contributed by atoms with Crippen LogP contribution in [-0.4, -0.2) is 64.6 Å². The number of fused-ring (bicyclic) bond motifs is 1. The number of carbonyl (C=O) groups excluding carboxylic acids is 2. The normalized spacial score (nSPS) is 14.9. The maximum Gasteiger partial charge on any atom is 0.409 e. The summed E-state index contributed by atoms with van der Waals surface area (Å²) < 4.78 is 10.7. The molecule has 1 fully saturated rings. The number of nitrogens with one attached hydrogen (secondary N) is 1. The quantitative estimate of drug-likeness (QED) is 0.883. The van der Waals surface area contributed by atoms with E-state index in [1.807, 2.05) is 13.8 Å². The third-order valence-electron chi connectivity index (χ3n) is 4.25. The molecule has 26 heavy (non-hydrogen) atoms. The van der Waals surface area contributed by atoms with Gasteiger partial charge in [0.25, 0.3) is 11.5 Å². The minimum Gasteiger partial charge on any atom is -0.449 e. The maximum absolute atomic E-state index is 12.9. The lowest BCUT2D eigenvalue weighted by Gasteiger charge is -2.34. The molecule has 2 aromatic heterocycles. The van der Waals surface area contributed by atoms with Crippen LogP contribution >= 0.6 is 0 Å². The molecule has 2 amide bonds. The van der Waals surface area contributed by atoms with Gasteiger partial charge >= 0.3 is 6.09 Å². The number of furan rings is 1. The second-order valence-electron chi connectivity index (χ2n) is 6.70. The van der Waals surface area contributed by atoms with Crippen LogP contribution in [0.5, 0.6) is 0 Å². The molecule has 3 rings (SSSR count). The van der Waals surface area contributed by atoms with E-state index in [9.17, 15) is 14.4 Å². The summed E-state index contributed by atoms with van der Waals surface area (Å²) in [5, 5.41) is 0.161. The average molecular weight is 362 g/mol. The Labute approximate surface area is 149 Å². The first-order chi connectivity index (χ1) is 12.4. The van der Waals surface area contributed by atoms with Gasteiger partial charge in [0.05, 0.1) is 18.5 Å². The van der Waals surface area contributed by atoms with Crippen LogP contribution in [0.15, 0.2) is 15.5 Å². The minimum absolute atomic E-state index is 0.144. The Morgan fingerprint density at radius 1 is 1.27 bits per heavy atom. The summed E-state index contributed by atoms with van der Waals surface area (Å²) in [7, 11) is 0. The summed E-state index contributed by atoms with van der Waals surface area (Å²) in [6.07, 6.45) is 0.875. The first-order valence-corrected chi connectivity index (χ1v) is 8.56. The zero-order valence-electron chi connectivity index (χ0n) is 15.1. The van der Waals surface area contributed by atoms with E-state index < -0.39 is 5.56 Å². The molecule has 0 unspecified atom stereocenters. The number of ether oxygens (including phenoxy) is 1. The molecule has 1 aliphatic heterocycles. The van der Waals surface area contributed by atoms with Crippen molar-refractivity contribution >= 4 is 23.1 Å². The molecule has 1 aliphatic rings. The molecule has 0 spiro atoms. The molecular formula is C17H22N4O5. The number of rotatable bonds is 3. The largest absolute Gasteiger partial charge is 0.449 e. The summed E-state index contributed by atoms with van der Waals surface area (Å²) in [5.74, 6) is 0.328. The summed E-state index contributed by atoms with van der Waals surface area (Å²) in [6.45, 7) is 7.43. The smallest absolute Gasteiger partial charge is 0.409 e. The van der Waals surface area contributed by atoms with Gasteiger partial charge in [0, 0.05) is 26.2 Å². The van der Waals surface area contributed by atoms with Crippen molar-refractivity contribution in [2.45, 2.75) is 20.8 Å². The van der Waals surface area contributed by atoms with Gasteiger partial charge in [0.1, 0.15) is 11.1 Å². The third-order valence-corrected chi connectivity index (χ3v) is 4.25. The number of hydrogen-bond acceptors (Lipinski definition) is 6. The molecule has 0 aromatic carbocycles. The number of piperazine rings is 1. The summed E-state index contributed by atoms with van der Waals surface area (Å²) in [5.41, 5.74) is -0.0400. The van der Waals surface area contributed by atoms with Gasteiger partial charge in [-0.3, -0.25) is 9.59 Å². The van der Waals surface area contributed by atoms with Crippen molar-refractivity contribution in [2.75, 3.05) is 32.8 Å². The molecule has 0 radical (unpaired) electrons. The highest BCUT2D eigenvalue weighted by Gasteiger charge is 2.30. The fourth-order valence-corrected chi connectivity index (χ4v) is 2.89. The molecule has 3 heterocycles. The minimum atomic E-state index is -0.411. The molecule has 0 aliphatic carbocycles. The van der Waals surface area contributed by atoms with Crippen LogP contribution in [0.4, 0.5) is 4.79 Å². The Kier molecular flexibility index (Phi) is 4.97. The zero-order valence-corrected chi connectivity index (χ0v) is 15.1. The SMILES string of the molecule is Cc1oc2nc[nH]c(=O)c2c1C(=O)N1CCN(C(=O)OCC(C)C)CC1. The highest BCUT2D eigenvalue weighted by molar-refractivity contribution is 6.06. The van der Waals surface area contributed by atoms with Crippen LogP contribution in [0, 0.1) is 12.8 Å². The molecule has 9 nitrogen and oxygen atoms in total. The number of hydrogen-bond donors (Lipinski definition) is 1. The predicted molar refractivity (Wildman–Crippen MR) is 93.0 cm³/mol. The Bertz CT molecular complexity index is 877. The van der Waals surface area contributed by atoms with Crippen molar-refractivity contribution in [1.29, 1.82) is 0 Å². The van der Waals surface area contributed by atoms with E-state index in [-0.39, 0.29) is 34.6 Å². The topological polar surface area (TPSA) is 109 Å². The van der Waals surface area contributed by atoms with Crippen molar-refractivity contribution in [1.82, 2.24) is 19.8 Å². The summed E-state index contributed by atoms with van der Waals surface area (Å²) in [4.78, 5) is 46.6. The first-order valence-electron chi connectivity index (χ1n) is 8.56. The van der Waals surface area contributed by atoms with Crippen LogP contribution in [0.25, 0.3) is 11.1 Å². The van der Waals surface area contributed by atoms with E-state index in [4.69, 9.17) is 9.15 Å². The van der Waals surface area contributed by atoms with Gasteiger partial charge in [-0.25, -0.2) is 9.78 Å². The fraction of sp³-hybridized carbons (Fsp3) is 0.529. The van der Waals surface area contributed by atoms with E-state index in [1.165, 1.54) is 6.33 Å². The molecule has 0 saturated carbocycles. The monoisotopic (exact) mass is 362 g/mol. The Morgan fingerprint density at radius 3 is 2.58 bits per heavy atom. The van der Waals surface area contributed by atoms with E-state index in [1.54, 1.807) is 16.7 Å². The Hall–Kier alpha value is -2.84. The van der Waals surface area contributed by atoms with Gasteiger partial charge in [-0.1, -0.05) is 13.8 Å². The number of H-pyrrole nitrogens is 1. The first kappa shape index (κ1) is 18.0. The van der Waals surface area contributed by atoms with Crippen molar-refractivity contribution < 1.29 is 18.7 Å². The van der Waals surface area contributed by atoms with Crippen LogP contribution < -0.4 is 5.56 Å². The van der Waals surface area contributed by atoms with E-state index >= 15 is 0 Å². The van der Waals surface area contributed by atoms with Gasteiger partial charge < -0.3 is 23.9 Å². The van der Waals surface area contributed by atoms with Gasteiger partial charge in [0.2, 0.25) is 5.71 Å². The van der Waals surface area contributed by atoms with Crippen molar-refractivity contribution in [3.63, 3.8) is 0 Å². The highest BCUT2D eigenvalue weighted by Crippen LogP contribution is 2.22. The lowest BCUT2D eigenvalue weighted by atomic mass is 10.1. The van der Waals surface area contributed by atoms with Crippen molar-refractivity contribution in [3.8, 4) is 0 Å². The number of aryl methyl sites for hydroxylation is 1. The van der Waals surface area contributed by atoms with E-state index in [0.29, 0.717) is 38.5 Å². The second-order valence-corrected chi connectivity index (χ2v) is 6.70. The fourth-order valence-electron chi connectivity index (χ4n) is 2.89. The zero-order chi connectivity index (χ0) is 18.8. The third kappa shape index (κ3) is 3.42. The number of aromatic amines is 1. The molecule has 0 bridgehead atoms. The molecule has 9 heteroatoms. The summed E-state index contributed by atoms with van der Waals surface area (Å²) in [6, 6.07) is 0. The van der Waals surface area contributed by atoms with E-state index in [2.05, 4.69) is 9.97 Å². The molecule has 2 aromatic rings. The van der Waals surface area contributed by atoms with Gasteiger partial charge in [-0.15, -0.1) is 0 Å². The van der Waals surface area contributed by atoms with Gasteiger partial charge in [-0.2, -0.15) is 0 Å². The lowest BCUT2D eigenvalue weighted by molar-refractivity contribution is 0.0535. The van der Waals surface area contributed by atoms with Gasteiger partial charge in [0.15, 0.2) is 0 Å². The lowest BCUT2D eigenvalue weighted by Crippen LogP contribution is -2.51. The molecular weight excluding hydrogens is 340 g/mol. The van der Waals surface area contributed by atoms with Gasteiger partial charge in [-0.05, 0) is 12.8 Å². The molecule has 1 saturated heterocycles. The number of amides is 2. The van der Waals surface area contributed by atoms with Crippen LogP contribution in [0.3, 0.4) is 0 Å². The van der Waals surface area contributed by atoms with Crippen molar-refractivity contribution in [2.24, 2.45) is 5.92 Å². The van der Waals surface area contributed by atoms with Crippen LogP contribution in [-0.2, 0) is 4.74 Å². The molecule has 140 valence electrons. The number of carbonyl (C=O) groups is 2. The number of nitrogens with zero attached hydrogens (tertiary/aromatic N) is 3. The average Bonchev–Trinajstić information content (AvgIpc) is 2.96. The van der Waals surface area contributed by atoms with E-state index in [0.717, 1.165) is 0 Å². The second kappa shape index (κ2) is 7.19. The summed E-state index contributed by atoms with van der Waals surface area (Å²) >= 11 is 0. The maximum atomic E-state index is 12.9.